The van der Waals surface area contributed by atoms with Gasteiger partial charge in [0.1, 0.15) is 33.7 Å². The number of nitrogens with one attached hydrogen (secondary N) is 2. The number of halogens is 1. The van der Waals surface area contributed by atoms with Gasteiger partial charge in [0.25, 0.3) is 0 Å². The molecule has 4 fully saturated rings. The molecule has 2 N–H and O–H groups in total. The van der Waals surface area contributed by atoms with Gasteiger partial charge in [-0.05, 0) is 108 Å². The van der Waals surface area contributed by atoms with Crippen LogP contribution in [0.3, 0.4) is 0 Å². The molecule has 51 heavy (non-hydrogen) atoms. The van der Waals surface area contributed by atoms with E-state index in [1.165, 1.54) is 0 Å². The van der Waals surface area contributed by atoms with Gasteiger partial charge < -0.3 is 19.4 Å². The summed E-state index contributed by atoms with van der Waals surface area (Å²) in [7, 11) is 0. The van der Waals surface area contributed by atoms with E-state index in [2.05, 4.69) is 52.4 Å². The molecule has 4 aliphatic rings. The van der Waals surface area contributed by atoms with Crippen molar-refractivity contribution in [2.75, 3.05) is 0 Å². The summed E-state index contributed by atoms with van der Waals surface area (Å²) in [6.45, 7) is 11.4. The standard InChI is InChI=1S/C40H43ClN6O4/c1-39(2,3)50-37(48)46-28-16-24(28)18-30(46)35-42-27-14-12-23-15-22(11-13-26(23)33(27)44-35)20-7-9-21(10-8-20)32-34(41)45-36(43-32)31-19-25-17-29(25)47(31)38(49)51-40(4,5)6/h7-15,24-25,28-31H,16-19H2,1-6H3,(H,42,44)(H,43,45)/t24-,25-,28-,29-,30+,31+/m1/s1. The number of likely N-dealkylation sites (tertiary alicyclic amines) is 2. The minimum Gasteiger partial charge on any atom is -0.444 e. The normalized spacial score (nSPS) is 25.3. The third-order valence-corrected chi connectivity index (χ3v) is 11.0. The van der Waals surface area contributed by atoms with E-state index < -0.39 is 11.2 Å². The number of ether oxygens (including phenoxy) is 2. The molecule has 0 unspecified atom stereocenters. The van der Waals surface area contributed by atoms with E-state index in [4.69, 9.17) is 31.0 Å². The predicted molar refractivity (Wildman–Crippen MR) is 196 cm³/mol. The van der Waals surface area contributed by atoms with Gasteiger partial charge in [-0.25, -0.2) is 19.6 Å². The SMILES string of the molecule is CC(C)(C)OC(=O)N1[C@@H]2C[C@@H]2C[C@H]1c1nc(-c2ccc(-c3ccc4c(ccc5[nH]c([C@@H]6C[C@H]7C[C@H]7N6C(=O)OC(C)(C)C)nc54)c3)cc2)c(Cl)[nH]1. The van der Waals surface area contributed by atoms with Gasteiger partial charge in [0, 0.05) is 23.0 Å². The Morgan fingerprint density at radius 2 is 1.25 bits per heavy atom. The minimum absolute atomic E-state index is 0.115. The third kappa shape index (κ3) is 5.81. The number of H-pyrrole nitrogens is 2. The van der Waals surface area contributed by atoms with Crippen LogP contribution in [-0.4, -0.2) is 65.2 Å². The van der Waals surface area contributed by atoms with E-state index >= 15 is 0 Å². The molecule has 9 rings (SSSR count). The zero-order valence-corrected chi connectivity index (χ0v) is 30.5. The van der Waals surface area contributed by atoms with Crippen LogP contribution < -0.4 is 0 Å². The van der Waals surface area contributed by atoms with E-state index in [0.29, 0.717) is 28.5 Å². The average molecular weight is 707 g/mol. The van der Waals surface area contributed by atoms with Crippen LogP contribution in [0.15, 0.2) is 54.6 Å². The van der Waals surface area contributed by atoms with Crippen LogP contribution in [0, 0.1) is 11.8 Å². The maximum atomic E-state index is 13.2. The van der Waals surface area contributed by atoms with Gasteiger partial charge in [-0.15, -0.1) is 0 Å². The van der Waals surface area contributed by atoms with Gasteiger partial charge in [-0.3, -0.25) is 9.80 Å². The Balaban J connectivity index is 0.950. The highest BCUT2D eigenvalue weighted by atomic mass is 35.5. The van der Waals surface area contributed by atoms with Crippen molar-refractivity contribution < 1.29 is 19.1 Å². The maximum Gasteiger partial charge on any atom is 0.411 e. The topological polar surface area (TPSA) is 116 Å². The van der Waals surface area contributed by atoms with E-state index in [-0.39, 0.29) is 36.4 Å². The molecule has 2 amide bonds. The van der Waals surface area contributed by atoms with Crippen LogP contribution >= 0.6 is 11.6 Å². The summed E-state index contributed by atoms with van der Waals surface area (Å²) in [5, 5.41) is 2.60. The Hall–Kier alpha value is -4.57. The Kier molecular flexibility index (Phi) is 7.11. The second-order valence-electron chi connectivity index (χ2n) is 16.8. The van der Waals surface area contributed by atoms with Crippen molar-refractivity contribution in [2.45, 2.75) is 103 Å². The summed E-state index contributed by atoms with van der Waals surface area (Å²) in [5.41, 5.74) is 4.47. The van der Waals surface area contributed by atoms with E-state index in [1.807, 2.05) is 63.5 Å². The number of amides is 2. The largest absolute Gasteiger partial charge is 0.444 e. The zero-order valence-electron chi connectivity index (χ0n) is 29.8. The lowest BCUT2D eigenvalue weighted by atomic mass is 9.99. The smallest absolute Gasteiger partial charge is 0.411 e. The van der Waals surface area contributed by atoms with E-state index in [0.717, 1.165) is 70.0 Å². The van der Waals surface area contributed by atoms with Gasteiger partial charge >= 0.3 is 12.2 Å². The number of rotatable bonds is 4. The summed E-state index contributed by atoms with van der Waals surface area (Å²) >= 11 is 6.72. The van der Waals surface area contributed by atoms with Gasteiger partial charge in [0.05, 0.1) is 23.1 Å². The molecule has 2 saturated carbocycles. The summed E-state index contributed by atoms with van der Waals surface area (Å²) in [6.07, 6.45) is 3.24. The summed E-state index contributed by atoms with van der Waals surface area (Å²) in [6, 6.07) is 19.0. The Bertz CT molecular complexity index is 2210. The molecule has 10 nitrogen and oxygen atoms in total. The van der Waals surface area contributed by atoms with Gasteiger partial charge in [-0.2, -0.15) is 0 Å². The zero-order chi connectivity index (χ0) is 35.6. The molecule has 0 spiro atoms. The first-order valence-corrected chi connectivity index (χ1v) is 18.4. The number of hydrogen-bond acceptors (Lipinski definition) is 6. The highest BCUT2D eigenvalue weighted by Gasteiger charge is 2.57. The molecular weight excluding hydrogens is 664 g/mol. The number of aromatic nitrogens is 4. The number of piperidine rings is 2. The number of carbonyl (C=O) groups excluding carboxylic acids is 2. The Morgan fingerprint density at radius 3 is 1.84 bits per heavy atom. The van der Waals surface area contributed by atoms with Crippen LogP contribution in [0.2, 0.25) is 5.15 Å². The number of hydrogen-bond donors (Lipinski definition) is 2. The molecular formula is C40H43ClN6O4. The molecule has 6 atom stereocenters. The second-order valence-corrected chi connectivity index (χ2v) is 17.2. The first-order valence-electron chi connectivity index (χ1n) is 18.0. The van der Waals surface area contributed by atoms with Crippen LogP contribution in [0.5, 0.6) is 0 Å². The lowest BCUT2D eigenvalue weighted by Gasteiger charge is -2.29. The molecule has 4 heterocycles. The quantitative estimate of drug-likeness (QED) is 0.192. The molecule has 2 aliphatic heterocycles. The fourth-order valence-corrected chi connectivity index (χ4v) is 8.50. The molecule has 2 aromatic heterocycles. The summed E-state index contributed by atoms with van der Waals surface area (Å²) < 4.78 is 11.5. The number of fused-ring (bicyclic) bond motifs is 5. The highest BCUT2D eigenvalue weighted by molar-refractivity contribution is 6.32. The number of imidazole rings is 2. The van der Waals surface area contributed by atoms with Crippen LogP contribution in [-0.2, 0) is 9.47 Å². The van der Waals surface area contributed by atoms with Crippen molar-refractivity contribution in [2.24, 2.45) is 11.8 Å². The molecule has 2 saturated heterocycles. The van der Waals surface area contributed by atoms with Gasteiger partial charge in [-0.1, -0.05) is 54.1 Å². The highest BCUT2D eigenvalue weighted by Crippen LogP contribution is 2.55. The molecule has 11 heteroatoms. The lowest BCUT2D eigenvalue weighted by Crippen LogP contribution is -2.38. The number of benzene rings is 3. The van der Waals surface area contributed by atoms with Crippen molar-refractivity contribution in [1.29, 1.82) is 0 Å². The molecule has 0 bridgehead atoms. The minimum atomic E-state index is -0.565. The van der Waals surface area contributed by atoms with Crippen LogP contribution in [0.1, 0.15) is 91.0 Å². The van der Waals surface area contributed by atoms with Crippen molar-refractivity contribution in [3.63, 3.8) is 0 Å². The second kappa shape index (κ2) is 11.2. The van der Waals surface area contributed by atoms with Crippen molar-refractivity contribution in [3.8, 4) is 22.4 Å². The van der Waals surface area contributed by atoms with Crippen molar-refractivity contribution in [3.05, 3.63) is 71.4 Å². The van der Waals surface area contributed by atoms with Crippen LogP contribution in [0.25, 0.3) is 44.2 Å². The molecule has 3 aromatic carbocycles. The fourth-order valence-electron chi connectivity index (χ4n) is 8.25. The van der Waals surface area contributed by atoms with Gasteiger partial charge in [0.15, 0.2) is 0 Å². The molecule has 2 aliphatic carbocycles. The van der Waals surface area contributed by atoms with Crippen LogP contribution in [0.4, 0.5) is 9.59 Å². The Morgan fingerprint density at radius 1 is 0.706 bits per heavy atom. The third-order valence-electron chi connectivity index (χ3n) is 10.7. The fraction of sp³-hybridized carbons (Fsp3) is 0.450. The lowest BCUT2D eigenvalue weighted by molar-refractivity contribution is 0.0164. The predicted octanol–water partition coefficient (Wildman–Crippen LogP) is 9.57. The van der Waals surface area contributed by atoms with Crippen molar-refractivity contribution >= 4 is 45.6 Å². The monoisotopic (exact) mass is 706 g/mol. The first-order chi connectivity index (χ1) is 24.2. The summed E-state index contributed by atoms with van der Waals surface area (Å²) in [5.74, 6) is 2.51. The maximum absolute atomic E-state index is 13.2. The molecule has 0 radical (unpaired) electrons. The first kappa shape index (κ1) is 32.3. The van der Waals surface area contributed by atoms with Crippen molar-refractivity contribution in [1.82, 2.24) is 29.7 Å². The average Bonchev–Trinajstić information content (AvgIpc) is 3.73. The molecule has 5 aromatic rings. The Labute approximate surface area is 301 Å². The number of carbonyl (C=O) groups is 2. The number of aromatic amines is 2. The van der Waals surface area contributed by atoms with E-state index in [9.17, 15) is 9.59 Å². The summed E-state index contributed by atoms with van der Waals surface area (Å²) in [4.78, 5) is 46.8. The van der Waals surface area contributed by atoms with E-state index in [1.54, 1.807) is 0 Å². The molecule has 264 valence electrons. The number of nitrogens with zero attached hydrogens (tertiary/aromatic N) is 4. The van der Waals surface area contributed by atoms with Gasteiger partial charge in [0.2, 0.25) is 0 Å².